The molecule has 87 heavy (non-hydrogen) atoms. The fourth-order valence-corrected chi connectivity index (χ4v) is 11.5. The number of carbonyl (C=O) groups is 2. The summed E-state index contributed by atoms with van der Waals surface area (Å²) in [5.74, 6) is -0.188. The largest absolute Gasteiger partial charge is 0.466 e. The van der Waals surface area contributed by atoms with Gasteiger partial charge in [-0.05, 0) is 96.3 Å². The first kappa shape index (κ1) is 82.4. The summed E-state index contributed by atoms with van der Waals surface area (Å²) >= 11 is 0. The van der Waals surface area contributed by atoms with Crippen molar-refractivity contribution < 1.29 is 49.3 Å². The maximum atomic E-state index is 13.0. The van der Waals surface area contributed by atoms with Gasteiger partial charge in [0, 0.05) is 12.8 Å². The lowest BCUT2D eigenvalue weighted by Crippen LogP contribution is -2.60. The molecule has 0 radical (unpaired) electrons. The van der Waals surface area contributed by atoms with Crippen molar-refractivity contribution in [1.82, 2.24) is 5.32 Å². The molecule has 0 aliphatic carbocycles. The van der Waals surface area contributed by atoms with E-state index in [2.05, 4.69) is 67.8 Å². The van der Waals surface area contributed by atoms with Crippen molar-refractivity contribution in [2.45, 2.75) is 391 Å². The highest BCUT2D eigenvalue weighted by Crippen LogP contribution is 2.23. The molecule has 11 nitrogen and oxygen atoms in total. The maximum Gasteiger partial charge on any atom is 0.305 e. The molecule has 6 N–H and O–H groups in total. The minimum Gasteiger partial charge on any atom is -0.466 e. The monoisotopic (exact) mass is 1230 g/mol. The Morgan fingerprint density at radius 2 is 0.793 bits per heavy atom. The van der Waals surface area contributed by atoms with E-state index in [1.54, 1.807) is 6.08 Å². The number of unbranched alkanes of at least 4 members (excludes halogenated alkanes) is 43. The lowest BCUT2D eigenvalue weighted by Gasteiger charge is -2.40. The zero-order valence-corrected chi connectivity index (χ0v) is 56.5. The molecule has 7 unspecified atom stereocenters. The van der Waals surface area contributed by atoms with Crippen LogP contribution in [0.1, 0.15) is 348 Å². The van der Waals surface area contributed by atoms with Crippen LogP contribution < -0.4 is 5.32 Å². The first-order chi connectivity index (χ1) is 42.7. The minimum atomic E-state index is -1.57. The number of nitrogens with one attached hydrogen (secondary N) is 1. The van der Waals surface area contributed by atoms with Crippen molar-refractivity contribution in [3.05, 3.63) is 60.8 Å². The van der Waals surface area contributed by atoms with Gasteiger partial charge in [-0.25, -0.2) is 0 Å². The first-order valence-electron chi connectivity index (χ1n) is 37.1. The number of carbonyl (C=O) groups excluding carboxylic acids is 2. The van der Waals surface area contributed by atoms with Crippen molar-refractivity contribution in [1.29, 1.82) is 0 Å². The van der Waals surface area contributed by atoms with Crippen molar-refractivity contribution >= 4 is 11.9 Å². The third kappa shape index (κ3) is 53.7. The summed E-state index contributed by atoms with van der Waals surface area (Å²) in [6.07, 6.45) is 77.0. The van der Waals surface area contributed by atoms with E-state index in [1.165, 1.54) is 257 Å². The number of hydrogen-bond donors (Lipinski definition) is 6. The van der Waals surface area contributed by atoms with Crippen molar-refractivity contribution in [2.24, 2.45) is 0 Å². The SMILES string of the molecule is CCCC/C=C\CCCCCCCC(=O)OCCCCCCCCCCCCCCCCC/C=C\C/C=C\CCCCCCCCCCCCCCCCCCCC(=O)NC(COC1OC(CO)C(O)C(O)C1O)C(O)/C=C/CC/C=C/CCCCC. The van der Waals surface area contributed by atoms with E-state index in [4.69, 9.17) is 14.2 Å². The molecule has 0 aromatic carbocycles. The highest BCUT2D eigenvalue weighted by atomic mass is 16.7. The normalized spacial score (nSPS) is 18.2. The van der Waals surface area contributed by atoms with Gasteiger partial charge in [0.05, 0.1) is 32.0 Å². The number of rotatable bonds is 65. The van der Waals surface area contributed by atoms with Crippen LogP contribution in [0.25, 0.3) is 0 Å². The average molecular weight is 1230 g/mol. The Balaban J connectivity index is 1.89. The van der Waals surface area contributed by atoms with E-state index in [-0.39, 0.29) is 18.5 Å². The van der Waals surface area contributed by atoms with Crippen LogP contribution in [0.5, 0.6) is 0 Å². The zero-order valence-electron chi connectivity index (χ0n) is 56.5. The molecule has 1 aliphatic rings. The number of aliphatic hydroxyl groups is 5. The van der Waals surface area contributed by atoms with Crippen LogP contribution in [0.15, 0.2) is 60.8 Å². The summed E-state index contributed by atoms with van der Waals surface area (Å²) in [5, 5.41) is 54.3. The Bertz CT molecular complexity index is 1630. The van der Waals surface area contributed by atoms with E-state index in [0.717, 1.165) is 64.2 Å². The predicted octanol–water partition coefficient (Wildman–Crippen LogP) is 19.3. The van der Waals surface area contributed by atoms with Gasteiger partial charge in [-0.2, -0.15) is 0 Å². The van der Waals surface area contributed by atoms with Crippen LogP contribution in [0.4, 0.5) is 0 Å². The van der Waals surface area contributed by atoms with E-state index < -0.39 is 49.5 Å². The molecule has 1 saturated heterocycles. The third-order valence-electron chi connectivity index (χ3n) is 17.3. The van der Waals surface area contributed by atoms with E-state index >= 15 is 0 Å². The molecule has 11 heteroatoms. The van der Waals surface area contributed by atoms with Gasteiger partial charge in [-0.15, -0.1) is 0 Å². The minimum absolute atomic E-state index is 0.00308. The second kappa shape index (κ2) is 64.9. The molecule has 1 amide bonds. The zero-order chi connectivity index (χ0) is 63.0. The van der Waals surface area contributed by atoms with E-state index in [0.29, 0.717) is 19.4 Å². The third-order valence-corrected chi connectivity index (χ3v) is 17.3. The predicted molar refractivity (Wildman–Crippen MR) is 366 cm³/mol. The highest BCUT2D eigenvalue weighted by Gasteiger charge is 2.44. The van der Waals surface area contributed by atoms with Gasteiger partial charge in [0.1, 0.15) is 24.4 Å². The maximum absolute atomic E-state index is 13.0. The summed E-state index contributed by atoms with van der Waals surface area (Å²) in [5.41, 5.74) is 0. The van der Waals surface area contributed by atoms with Gasteiger partial charge in [-0.3, -0.25) is 9.59 Å². The molecular weight excluding hydrogens is 1090 g/mol. The summed E-state index contributed by atoms with van der Waals surface area (Å²) in [6, 6.07) is -0.824. The van der Waals surface area contributed by atoms with Crippen molar-refractivity contribution in [3.63, 3.8) is 0 Å². The number of amides is 1. The summed E-state index contributed by atoms with van der Waals surface area (Å²) < 4.78 is 16.7. The molecule has 508 valence electrons. The average Bonchev–Trinajstić information content (AvgIpc) is 3.66. The fourth-order valence-electron chi connectivity index (χ4n) is 11.5. The smallest absolute Gasteiger partial charge is 0.305 e. The van der Waals surface area contributed by atoms with Gasteiger partial charge < -0.3 is 45.1 Å². The van der Waals surface area contributed by atoms with Crippen LogP contribution in [-0.2, 0) is 23.8 Å². The number of aliphatic hydroxyl groups excluding tert-OH is 5. The summed E-state index contributed by atoms with van der Waals surface area (Å²) in [6.45, 7) is 4.26. The topological polar surface area (TPSA) is 175 Å². The molecule has 0 saturated carbocycles. The number of ether oxygens (including phenoxy) is 3. The number of hydrogen-bond acceptors (Lipinski definition) is 10. The van der Waals surface area contributed by atoms with Crippen LogP contribution in [-0.4, -0.2) is 100 Å². The van der Waals surface area contributed by atoms with Gasteiger partial charge in [0.15, 0.2) is 6.29 Å². The van der Waals surface area contributed by atoms with Gasteiger partial charge in [0.2, 0.25) is 5.91 Å². The highest BCUT2D eigenvalue weighted by molar-refractivity contribution is 5.76. The van der Waals surface area contributed by atoms with Crippen LogP contribution >= 0.6 is 0 Å². The molecule has 1 aliphatic heterocycles. The van der Waals surface area contributed by atoms with Gasteiger partial charge >= 0.3 is 5.97 Å². The number of esters is 1. The molecule has 0 aromatic heterocycles. The molecule has 0 bridgehead atoms. The molecule has 1 heterocycles. The molecular formula is C76H139NO10. The van der Waals surface area contributed by atoms with Gasteiger partial charge in [-0.1, -0.05) is 299 Å². The summed E-state index contributed by atoms with van der Waals surface area (Å²) in [7, 11) is 0. The molecule has 0 spiro atoms. The van der Waals surface area contributed by atoms with Crippen LogP contribution in [0.3, 0.4) is 0 Å². The fraction of sp³-hybridized carbons (Fsp3) is 0.842. The van der Waals surface area contributed by atoms with E-state index in [1.807, 2.05) is 6.08 Å². The van der Waals surface area contributed by atoms with Gasteiger partial charge in [0.25, 0.3) is 0 Å². The van der Waals surface area contributed by atoms with Crippen LogP contribution in [0, 0.1) is 0 Å². The standard InChI is InChI=1S/C76H139NO10/c1-3-5-7-9-11-13-43-48-52-56-60-64-72(81)85-65-61-57-53-49-45-42-40-38-36-34-32-30-28-26-24-22-20-18-16-14-15-17-19-21-23-25-27-29-31-33-35-37-39-41-44-47-51-55-59-63-71(80)77-68(69(79)62-58-54-50-46-12-10-8-6-4-2)67-86-76-75(84)74(83)73(82)70(66-78)87-76/h9,11-12,14-15,18,20,46,58,62,68-70,73-76,78-79,82-84H,3-8,10,13,16-17,19,21-45,47-57,59-61,63-67H2,1-2H3,(H,77,80)/b11-9-,15-14-,20-18-,46-12+,62-58+. The Kier molecular flexibility index (Phi) is 61.4. The Labute approximate surface area is 535 Å². The Morgan fingerprint density at radius 1 is 0.425 bits per heavy atom. The lowest BCUT2D eigenvalue weighted by molar-refractivity contribution is -0.302. The lowest BCUT2D eigenvalue weighted by atomic mass is 9.99. The van der Waals surface area contributed by atoms with E-state index in [9.17, 15) is 35.1 Å². The Morgan fingerprint density at radius 3 is 1.24 bits per heavy atom. The quantitative estimate of drug-likeness (QED) is 0.0195. The second-order valence-electron chi connectivity index (χ2n) is 25.6. The number of allylic oxidation sites excluding steroid dienone is 9. The van der Waals surface area contributed by atoms with Crippen molar-refractivity contribution in [3.8, 4) is 0 Å². The molecule has 1 rings (SSSR count). The van der Waals surface area contributed by atoms with Crippen LogP contribution in [0.2, 0.25) is 0 Å². The van der Waals surface area contributed by atoms with Crippen molar-refractivity contribution in [2.75, 3.05) is 19.8 Å². The Hall–Kier alpha value is -2.64. The molecule has 1 fully saturated rings. The molecule has 7 atom stereocenters. The second-order valence-corrected chi connectivity index (χ2v) is 25.6. The molecule has 0 aromatic rings. The first-order valence-corrected chi connectivity index (χ1v) is 37.1. The summed E-state index contributed by atoms with van der Waals surface area (Å²) in [4.78, 5) is 25.0.